The van der Waals surface area contributed by atoms with Gasteiger partial charge >= 0.3 is 6.01 Å². The Morgan fingerprint density at radius 1 is 1.29 bits per heavy atom. The highest BCUT2D eigenvalue weighted by molar-refractivity contribution is 7.92. The Labute approximate surface area is 123 Å². The van der Waals surface area contributed by atoms with Crippen molar-refractivity contribution in [3.63, 3.8) is 0 Å². The lowest BCUT2D eigenvalue weighted by Gasteiger charge is -2.08. The highest BCUT2D eigenvalue weighted by Gasteiger charge is 2.24. The van der Waals surface area contributed by atoms with Crippen LogP contribution in [-0.4, -0.2) is 34.8 Å². The van der Waals surface area contributed by atoms with Gasteiger partial charge in [0.1, 0.15) is 4.90 Å². The first-order valence-corrected chi connectivity index (χ1v) is 7.81. The second-order valence-corrected chi connectivity index (χ2v) is 6.04. The molecule has 0 saturated heterocycles. The minimum absolute atomic E-state index is 0.166. The van der Waals surface area contributed by atoms with Crippen molar-refractivity contribution in [1.29, 1.82) is 0 Å². The first kappa shape index (κ1) is 15.2. The van der Waals surface area contributed by atoms with Crippen LogP contribution < -0.4 is 9.46 Å². The number of rotatable bonds is 5. The van der Waals surface area contributed by atoms with E-state index in [-0.39, 0.29) is 16.6 Å². The Morgan fingerprint density at radius 3 is 2.38 bits per heavy atom. The van der Waals surface area contributed by atoms with Gasteiger partial charge in [-0.2, -0.15) is 5.10 Å². The van der Waals surface area contributed by atoms with Crippen LogP contribution in [-0.2, 0) is 17.1 Å². The van der Waals surface area contributed by atoms with Crippen LogP contribution in [0.15, 0.2) is 17.3 Å². The number of ether oxygens (including phenoxy) is 1. The summed E-state index contributed by atoms with van der Waals surface area (Å²) in [5.41, 5.74) is 1.27. The van der Waals surface area contributed by atoms with Gasteiger partial charge in [-0.25, -0.2) is 18.4 Å². The molecular weight excluding hydrogens is 294 g/mol. The largest absolute Gasteiger partial charge is 0.464 e. The Balaban J connectivity index is 2.29. The molecule has 0 aliphatic heterocycles. The molecule has 0 aromatic carbocycles. The van der Waals surface area contributed by atoms with Gasteiger partial charge in [-0.1, -0.05) is 0 Å². The molecule has 0 amide bonds. The topological polar surface area (TPSA) is 99.0 Å². The Hall–Kier alpha value is -2.16. The summed E-state index contributed by atoms with van der Waals surface area (Å²) < 4.78 is 33.9. The third-order valence-electron chi connectivity index (χ3n) is 2.87. The van der Waals surface area contributed by atoms with Crippen molar-refractivity contribution in [1.82, 2.24) is 19.7 Å². The van der Waals surface area contributed by atoms with E-state index < -0.39 is 10.0 Å². The normalized spacial score (nSPS) is 11.4. The number of hydrogen-bond acceptors (Lipinski definition) is 6. The minimum Gasteiger partial charge on any atom is -0.464 e. The SMILES string of the molecule is CCOc1ncc(NS(=O)(=O)c2c(C)nn(C)c2C)cn1. The monoisotopic (exact) mass is 311 g/mol. The van der Waals surface area contributed by atoms with Gasteiger partial charge in [0.15, 0.2) is 0 Å². The summed E-state index contributed by atoms with van der Waals surface area (Å²) in [4.78, 5) is 8.00. The molecule has 1 N–H and O–H groups in total. The van der Waals surface area contributed by atoms with Crippen molar-refractivity contribution in [2.75, 3.05) is 11.3 Å². The summed E-state index contributed by atoms with van der Waals surface area (Å²) in [6.45, 7) is 5.60. The lowest BCUT2D eigenvalue weighted by molar-refractivity contribution is 0.312. The molecular formula is C12H17N5O3S. The maximum absolute atomic E-state index is 12.4. The average Bonchev–Trinajstić information content (AvgIpc) is 2.66. The maximum Gasteiger partial charge on any atom is 0.316 e. The number of nitrogens with one attached hydrogen (secondary N) is 1. The van der Waals surface area contributed by atoms with E-state index in [1.807, 2.05) is 6.92 Å². The maximum atomic E-state index is 12.4. The van der Waals surface area contributed by atoms with Crippen molar-refractivity contribution in [3.8, 4) is 6.01 Å². The average molecular weight is 311 g/mol. The molecule has 0 spiro atoms. The van der Waals surface area contributed by atoms with Gasteiger partial charge in [0.05, 0.1) is 36.1 Å². The lowest BCUT2D eigenvalue weighted by atomic mass is 10.4. The van der Waals surface area contributed by atoms with Gasteiger partial charge < -0.3 is 4.74 Å². The fraction of sp³-hybridized carbons (Fsp3) is 0.417. The van der Waals surface area contributed by atoms with E-state index >= 15 is 0 Å². The zero-order valence-corrected chi connectivity index (χ0v) is 13.1. The highest BCUT2D eigenvalue weighted by atomic mass is 32.2. The molecule has 2 rings (SSSR count). The zero-order valence-electron chi connectivity index (χ0n) is 12.3. The Kier molecular flexibility index (Phi) is 4.12. The first-order chi connectivity index (χ1) is 9.85. The standard InChI is InChI=1S/C12H17N5O3S/c1-5-20-12-13-6-10(7-14-12)16-21(18,19)11-8(2)15-17(4)9(11)3/h6-7,16H,5H2,1-4H3. The third-order valence-corrected chi connectivity index (χ3v) is 4.50. The third kappa shape index (κ3) is 3.13. The molecule has 9 heteroatoms. The van der Waals surface area contributed by atoms with Crippen LogP contribution in [0.1, 0.15) is 18.3 Å². The molecule has 0 bridgehead atoms. The smallest absolute Gasteiger partial charge is 0.316 e. The van der Waals surface area contributed by atoms with Crippen LogP contribution in [0.4, 0.5) is 5.69 Å². The number of aromatic nitrogens is 4. The minimum atomic E-state index is -3.73. The number of nitrogens with zero attached hydrogens (tertiary/aromatic N) is 4. The van der Waals surface area contributed by atoms with Crippen molar-refractivity contribution >= 4 is 15.7 Å². The molecule has 0 saturated carbocycles. The Bertz CT molecular complexity index is 737. The molecule has 0 aliphatic rings. The fourth-order valence-electron chi connectivity index (χ4n) is 1.92. The second-order valence-electron chi connectivity index (χ2n) is 4.42. The number of anilines is 1. The lowest BCUT2D eigenvalue weighted by Crippen LogP contribution is -2.15. The summed E-state index contributed by atoms with van der Waals surface area (Å²) in [5, 5.41) is 4.10. The molecule has 2 aromatic heterocycles. The van der Waals surface area contributed by atoms with E-state index in [0.717, 1.165) is 0 Å². The zero-order chi connectivity index (χ0) is 15.6. The van der Waals surface area contributed by atoms with Crippen LogP contribution >= 0.6 is 0 Å². The molecule has 0 unspecified atom stereocenters. The highest BCUT2D eigenvalue weighted by Crippen LogP contribution is 2.21. The van der Waals surface area contributed by atoms with E-state index in [0.29, 0.717) is 18.0 Å². The van der Waals surface area contributed by atoms with E-state index in [9.17, 15) is 8.42 Å². The van der Waals surface area contributed by atoms with Crippen LogP contribution in [0.3, 0.4) is 0 Å². The molecule has 114 valence electrons. The fourth-order valence-corrected chi connectivity index (χ4v) is 3.39. The summed E-state index contributed by atoms with van der Waals surface area (Å²) in [6.07, 6.45) is 2.72. The van der Waals surface area contributed by atoms with Crippen LogP contribution in [0.25, 0.3) is 0 Å². The molecule has 2 heterocycles. The number of hydrogen-bond donors (Lipinski definition) is 1. The quantitative estimate of drug-likeness (QED) is 0.885. The number of aryl methyl sites for hydroxylation is 2. The number of sulfonamides is 1. The summed E-state index contributed by atoms with van der Waals surface area (Å²) >= 11 is 0. The molecule has 0 aliphatic carbocycles. The summed E-state index contributed by atoms with van der Waals surface area (Å²) in [7, 11) is -2.04. The van der Waals surface area contributed by atoms with Crippen molar-refractivity contribution in [2.24, 2.45) is 7.05 Å². The van der Waals surface area contributed by atoms with Gasteiger partial charge in [0, 0.05) is 7.05 Å². The molecule has 21 heavy (non-hydrogen) atoms. The molecule has 8 nitrogen and oxygen atoms in total. The van der Waals surface area contributed by atoms with E-state index in [1.165, 1.54) is 17.1 Å². The molecule has 2 aromatic rings. The summed E-state index contributed by atoms with van der Waals surface area (Å²) in [6, 6.07) is 0.203. The van der Waals surface area contributed by atoms with Gasteiger partial charge in [0.2, 0.25) is 0 Å². The molecule has 0 fully saturated rings. The first-order valence-electron chi connectivity index (χ1n) is 6.33. The van der Waals surface area contributed by atoms with Gasteiger partial charge in [-0.3, -0.25) is 9.40 Å². The van der Waals surface area contributed by atoms with Crippen molar-refractivity contribution < 1.29 is 13.2 Å². The summed E-state index contributed by atoms with van der Waals surface area (Å²) in [5.74, 6) is 0. The van der Waals surface area contributed by atoms with Gasteiger partial charge in [-0.15, -0.1) is 0 Å². The second kappa shape index (κ2) is 5.68. The van der Waals surface area contributed by atoms with Gasteiger partial charge in [0.25, 0.3) is 10.0 Å². The van der Waals surface area contributed by atoms with E-state index in [1.54, 1.807) is 20.9 Å². The van der Waals surface area contributed by atoms with Crippen LogP contribution in [0, 0.1) is 13.8 Å². The van der Waals surface area contributed by atoms with Crippen molar-refractivity contribution in [3.05, 3.63) is 23.8 Å². The predicted molar refractivity (Wildman–Crippen MR) is 76.7 cm³/mol. The predicted octanol–water partition coefficient (Wildman–Crippen LogP) is 1.03. The van der Waals surface area contributed by atoms with E-state index in [4.69, 9.17) is 4.74 Å². The van der Waals surface area contributed by atoms with Crippen molar-refractivity contribution in [2.45, 2.75) is 25.7 Å². The molecule has 0 radical (unpaired) electrons. The molecule has 0 atom stereocenters. The van der Waals surface area contributed by atoms with E-state index in [2.05, 4.69) is 19.8 Å². The van der Waals surface area contributed by atoms with Gasteiger partial charge in [-0.05, 0) is 20.8 Å². The van der Waals surface area contributed by atoms with Crippen LogP contribution in [0.5, 0.6) is 6.01 Å². The van der Waals surface area contributed by atoms with Crippen LogP contribution in [0.2, 0.25) is 0 Å². The Morgan fingerprint density at radius 2 is 1.90 bits per heavy atom.